The van der Waals surface area contributed by atoms with Crippen molar-refractivity contribution in [3.8, 4) is 17.1 Å². The van der Waals surface area contributed by atoms with Gasteiger partial charge in [0.05, 0.1) is 25.0 Å². The van der Waals surface area contributed by atoms with E-state index in [1.807, 2.05) is 74.5 Å². The van der Waals surface area contributed by atoms with Crippen LogP contribution >= 0.6 is 0 Å². The van der Waals surface area contributed by atoms with Crippen molar-refractivity contribution in [2.45, 2.75) is 24.8 Å². The number of ether oxygens (including phenoxy) is 1. The lowest BCUT2D eigenvalue weighted by Gasteiger charge is -2.38. The van der Waals surface area contributed by atoms with Crippen molar-refractivity contribution in [2.24, 2.45) is 7.05 Å². The fourth-order valence-corrected chi connectivity index (χ4v) is 5.95. The molecule has 0 aliphatic carbocycles. The van der Waals surface area contributed by atoms with Crippen LogP contribution in [0.2, 0.25) is 0 Å². The van der Waals surface area contributed by atoms with Gasteiger partial charge in [0.15, 0.2) is 0 Å². The number of anilines is 1. The highest BCUT2D eigenvalue weighted by molar-refractivity contribution is 7.92. The minimum absolute atomic E-state index is 0.00914. The van der Waals surface area contributed by atoms with E-state index in [0.29, 0.717) is 24.3 Å². The first kappa shape index (κ1) is 26.5. The lowest BCUT2D eigenvalue weighted by molar-refractivity contribution is 0.0162. The number of hydrogen-bond acceptors (Lipinski definition) is 7. The molecule has 1 fully saturated rings. The monoisotopic (exact) mass is 568 g/mol. The molecule has 1 aliphatic rings. The molecule has 0 radical (unpaired) electrons. The zero-order valence-electron chi connectivity index (χ0n) is 22.8. The number of sulfonamides is 1. The van der Waals surface area contributed by atoms with Gasteiger partial charge in [0, 0.05) is 30.4 Å². The molecule has 5 aromatic rings. The Morgan fingerprint density at radius 1 is 0.976 bits per heavy atom. The second-order valence-corrected chi connectivity index (χ2v) is 11.8. The van der Waals surface area contributed by atoms with Crippen molar-refractivity contribution in [3.63, 3.8) is 0 Å². The summed E-state index contributed by atoms with van der Waals surface area (Å²) in [5, 5.41) is 5.86. The lowest BCUT2D eigenvalue weighted by atomic mass is 10.00. The van der Waals surface area contributed by atoms with Gasteiger partial charge in [-0.1, -0.05) is 54.6 Å². The van der Waals surface area contributed by atoms with Crippen LogP contribution in [-0.4, -0.2) is 58.2 Å². The third-order valence-corrected chi connectivity index (χ3v) is 8.38. The third-order valence-electron chi connectivity index (χ3n) is 7.10. The van der Waals surface area contributed by atoms with Crippen molar-refractivity contribution in [1.82, 2.24) is 24.6 Å². The predicted octanol–water partition coefficient (Wildman–Crippen LogP) is 4.35. The zero-order chi connectivity index (χ0) is 28.7. The number of nitrogens with one attached hydrogen (secondary N) is 1. The maximum Gasteiger partial charge on any atom is 0.267 e. The Balaban J connectivity index is 1.26. The Kier molecular flexibility index (Phi) is 6.66. The molecule has 11 heteroatoms. The highest BCUT2D eigenvalue weighted by Gasteiger charge is 2.34. The zero-order valence-corrected chi connectivity index (χ0v) is 23.6. The van der Waals surface area contributed by atoms with Crippen molar-refractivity contribution >= 4 is 32.7 Å². The Morgan fingerprint density at radius 2 is 1.68 bits per heavy atom. The molecule has 2 aromatic heterocycles. The molecule has 6 rings (SSSR count). The summed E-state index contributed by atoms with van der Waals surface area (Å²) in [7, 11) is -2.35. The number of carbonyl (C=O) groups excluding carboxylic acids is 1. The van der Waals surface area contributed by atoms with Gasteiger partial charge in [0.25, 0.3) is 15.9 Å². The molecule has 3 heterocycles. The molecule has 0 spiro atoms. The molecule has 0 saturated carbocycles. The molecule has 41 heavy (non-hydrogen) atoms. The summed E-state index contributed by atoms with van der Waals surface area (Å²) in [5.41, 5.74) is 3.99. The number of likely N-dealkylation sites (tertiary alicyclic amines) is 1. The Labute approximate surface area is 237 Å². The van der Waals surface area contributed by atoms with Crippen LogP contribution in [0.4, 0.5) is 5.95 Å². The largest absolute Gasteiger partial charge is 0.470 e. The molecule has 1 aliphatic heterocycles. The molecule has 1 saturated heterocycles. The van der Waals surface area contributed by atoms with Crippen LogP contribution in [0.15, 0.2) is 84.0 Å². The number of aryl methyl sites for hydroxylation is 3. The van der Waals surface area contributed by atoms with E-state index in [9.17, 15) is 13.2 Å². The average molecular weight is 569 g/mol. The third kappa shape index (κ3) is 5.23. The smallest absolute Gasteiger partial charge is 0.267 e. The summed E-state index contributed by atoms with van der Waals surface area (Å²) in [4.78, 5) is 23.9. The van der Waals surface area contributed by atoms with Gasteiger partial charge < -0.3 is 9.64 Å². The number of amides is 1. The molecule has 1 amide bonds. The Morgan fingerprint density at radius 3 is 2.41 bits per heavy atom. The highest BCUT2D eigenvalue weighted by Crippen LogP contribution is 2.31. The number of rotatable bonds is 7. The van der Waals surface area contributed by atoms with E-state index in [2.05, 4.69) is 19.8 Å². The molecule has 10 nitrogen and oxygen atoms in total. The van der Waals surface area contributed by atoms with Crippen LogP contribution in [-0.2, 0) is 17.1 Å². The minimum Gasteiger partial charge on any atom is -0.470 e. The molecule has 3 aromatic carbocycles. The standard InChI is InChI=1S/C30H28N6O4S/c1-19-8-6-9-20(2)28(19)26-14-27(33-30(32-26)34-41(38,39)23-15-31-35(3)18-23)40-22-16-36(17-22)29(37)25-13-7-11-21-10-4-5-12-24(21)25/h4-15,18,22H,16-17H2,1-3H3,(H,32,33,34). The van der Waals surface area contributed by atoms with Gasteiger partial charge in [0.1, 0.15) is 11.0 Å². The van der Waals surface area contributed by atoms with Crippen molar-refractivity contribution in [3.05, 3.63) is 95.8 Å². The van der Waals surface area contributed by atoms with E-state index in [0.717, 1.165) is 27.5 Å². The first-order valence-corrected chi connectivity index (χ1v) is 14.6. The maximum atomic E-state index is 13.3. The first-order chi connectivity index (χ1) is 19.7. The molecular weight excluding hydrogens is 540 g/mol. The number of benzene rings is 3. The quantitative estimate of drug-likeness (QED) is 0.310. The number of nitrogens with zero attached hydrogens (tertiary/aromatic N) is 5. The summed E-state index contributed by atoms with van der Waals surface area (Å²) in [6.07, 6.45) is 2.34. The minimum atomic E-state index is -3.98. The Hall–Kier alpha value is -4.77. The van der Waals surface area contributed by atoms with Crippen LogP contribution in [0.5, 0.6) is 5.88 Å². The molecule has 208 valence electrons. The van der Waals surface area contributed by atoms with Crippen molar-refractivity contribution < 1.29 is 17.9 Å². The number of carbonyl (C=O) groups is 1. The van der Waals surface area contributed by atoms with Gasteiger partial charge in [-0.3, -0.25) is 9.48 Å². The van der Waals surface area contributed by atoms with Gasteiger partial charge in [-0.05, 0) is 41.8 Å². The topological polar surface area (TPSA) is 119 Å². The fraction of sp³-hybridized carbons (Fsp3) is 0.200. The summed E-state index contributed by atoms with van der Waals surface area (Å²) < 4.78 is 36.1. The van der Waals surface area contributed by atoms with E-state index < -0.39 is 10.0 Å². The number of aromatic nitrogens is 4. The number of hydrogen-bond donors (Lipinski definition) is 1. The molecule has 1 N–H and O–H groups in total. The lowest BCUT2D eigenvalue weighted by Crippen LogP contribution is -2.56. The summed E-state index contributed by atoms with van der Waals surface area (Å²) >= 11 is 0. The highest BCUT2D eigenvalue weighted by atomic mass is 32.2. The van der Waals surface area contributed by atoms with Crippen LogP contribution in [0.3, 0.4) is 0 Å². The van der Waals surface area contributed by atoms with Gasteiger partial charge in [-0.15, -0.1) is 0 Å². The normalized spacial score (nSPS) is 13.7. The van der Waals surface area contributed by atoms with E-state index in [-0.39, 0.29) is 28.7 Å². The van der Waals surface area contributed by atoms with Gasteiger partial charge in [-0.25, -0.2) is 18.1 Å². The fourth-order valence-electron chi connectivity index (χ4n) is 5.03. The predicted molar refractivity (Wildman–Crippen MR) is 155 cm³/mol. The summed E-state index contributed by atoms with van der Waals surface area (Å²) in [6, 6.07) is 21.1. The van der Waals surface area contributed by atoms with E-state index >= 15 is 0 Å². The van der Waals surface area contributed by atoms with Gasteiger partial charge >= 0.3 is 0 Å². The van der Waals surface area contributed by atoms with Gasteiger partial charge in [-0.2, -0.15) is 10.1 Å². The molecule has 0 atom stereocenters. The van der Waals surface area contributed by atoms with E-state index in [1.54, 1.807) is 18.0 Å². The maximum absolute atomic E-state index is 13.3. The average Bonchev–Trinajstić information content (AvgIpc) is 3.37. The Bertz CT molecular complexity index is 1870. The molecule has 0 unspecified atom stereocenters. The van der Waals surface area contributed by atoms with E-state index in [1.165, 1.54) is 17.1 Å². The van der Waals surface area contributed by atoms with Crippen LogP contribution in [0.25, 0.3) is 22.0 Å². The van der Waals surface area contributed by atoms with Crippen LogP contribution < -0.4 is 9.46 Å². The van der Waals surface area contributed by atoms with Crippen LogP contribution in [0, 0.1) is 13.8 Å². The van der Waals surface area contributed by atoms with Crippen molar-refractivity contribution in [2.75, 3.05) is 17.8 Å². The summed E-state index contributed by atoms with van der Waals surface area (Å²) in [5.74, 6) is 0.0290. The van der Waals surface area contributed by atoms with Gasteiger partial charge in [0.2, 0.25) is 11.8 Å². The molecular formula is C30H28N6O4S. The second kappa shape index (κ2) is 10.3. The molecule has 0 bridgehead atoms. The first-order valence-electron chi connectivity index (χ1n) is 13.1. The summed E-state index contributed by atoms with van der Waals surface area (Å²) in [6.45, 7) is 4.68. The SMILES string of the molecule is Cc1cccc(C)c1-c1cc(OC2CN(C(=O)c3cccc4ccccc34)C2)nc(NS(=O)(=O)c2cnn(C)c2)n1. The van der Waals surface area contributed by atoms with Crippen LogP contribution in [0.1, 0.15) is 21.5 Å². The number of fused-ring (bicyclic) bond motifs is 1. The van der Waals surface area contributed by atoms with Crippen molar-refractivity contribution in [1.29, 1.82) is 0 Å². The second-order valence-electron chi connectivity index (χ2n) is 10.1. The van der Waals surface area contributed by atoms with E-state index in [4.69, 9.17) is 4.74 Å².